The summed E-state index contributed by atoms with van der Waals surface area (Å²) in [5, 5.41) is 0. The summed E-state index contributed by atoms with van der Waals surface area (Å²) in [5.74, 6) is 0.547. The van der Waals surface area contributed by atoms with Crippen LogP contribution < -0.4 is 0 Å². The van der Waals surface area contributed by atoms with Gasteiger partial charge in [-0.25, -0.2) is 4.98 Å². The van der Waals surface area contributed by atoms with Crippen molar-refractivity contribution in [2.45, 2.75) is 0 Å². The summed E-state index contributed by atoms with van der Waals surface area (Å²) < 4.78 is 5.34. The van der Waals surface area contributed by atoms with Crippen molar-refractivity contribution < 1.29 is 4.42 Å². The number of benzene rings is 1. The monoisotopic (exact) mass is 157 g/mol. The number of oxazole rings is 1. The average molecular weight is 157 g/mol. The molecule has 0 saturated heterocycles. The van der Waals surface area contributed by atoms with E-state index in [0.29, 0.717) is 5.89 Å². The highest BCUT2D eigenvalue weighted by Crippen LogP contribution is 2.14. The average Bonchev–Trinajstić information content (AvgIpc) is 2.47. The minimum absolute atomic E-state index is 0.547. The maximum atomic E-state index is 5.34. The second-order valence-corrected chi connectivity index (χ2v) is 2.37. The summed E-state index contributed by atoms with van der Waals surface area (Å²) in [6, 6.07) is 7.61. The van der Waals surface area contributed by atoms with Gasteiger partial charge in [-0.1, -0.05) is 18.7 Å². The molecular formula is C10H7NO. The van der Waals surface area contributed by atoms with Crippen molar-refractivity contribution in [2.75, 3.05) is 0 Å². The second kappa shape index (κ2) is 2.68. The molecule has 1 heterocycles. The van der Waals surface area contributed by atoms with Gasteiger partial charge >= 0.3 is 0 Å². The highest BCUT2D eigenvalue weighted by molar-refractivity contribution is 5.73. The van der Waals surface area contributed by atoms with Crippen LogP contribution in [-0.2, 0) is 0 Å². The largest absolute Gasteiger partial charge is 0.436 e. The number of para-hydroxylation sites is 2. The molecule has 0 radical (unpaired) electrons. The fraction of sp³-hybridized carbons (Fsp3) is 0. The Balaban J connectivity index is 2.69. The van der Waals surface area contributed by atoms with Gasteiger partial charge in [0.15, 0.2) is 5.58 Å². The van der Waals surface area contributed by atoms with Crippen LogP contribution in [0.4, 0.5) is 0 Å². The lowest BCUT2D eigenvalue weighted by molar-refractivity contribution is 0.589. The molecule has 0 aliphatic carbocycles. The van der Waals surface area contributed by atoms with E-state index in [4.69, 9.17) is 4.42 Å². The van der Waals surface area contributed by atoms with Crippen LogP contribution in [0.2, 0.25) is 0 Å². The van der Waals surface area contributed by atoms with Crippen molar-refractivity contribution in [3.05, 3.63) is 42.5 Å². The first-order chi connectivity index (χ1) is 5.90. The highest BCUT2D eigenvalue weighted by atomic mass is 16.3. The van der Waals surface area contributed by atoms with Crippen LogP contribution in [-0.4, -0.2) is 4.98 Å². The number of hydrogen-bond acceptors (Lipinski definition) is 2. The maximum absolute atomic E-state index is 5.34. The van der Waals surface area contributed by atoms with Gasteiger partial charge in [0.05, 0.1) is 0 Å². The van der Waals surface area contributed by atoms with E-state index < -0.39 is 0 Å². The SMILES string of the molecule is C=C=Cc1nc2ccccc2o1. The fourth-order valence-electron chi connectivity index (χ4n) is 1.04. The van der Waals surface area contributed by atoms with Crippen molar-refractivity contribution in [3.63, 3.8) is 0 Å². The van der Waals surface area contributed by atoms with Gasteiger partial charge in [-0.05, 0) is 12.1 Å². The van der Waals surface area contributed by atoms with E-state index in [1.54, 1.807) is 6.08 Å². The Labute approximate surface area is 69.8 Å². The van der Waals surface area contributed by atoms with Crippen molar-refractivity contribution >= 4 is 17.2 Å². The van der Waals surface area contributed by atoms with E-state index in [9.17, 15) is 0 Å². The predicted molar refractivity (Wildman–Crippen MR) is 47.6 cm³/mol. The van der Waals surface area contributed by atoms with Crippen molar-refractivity contribution in [1.82, 2.24) is 4.98 Å². The van der Waals surface area contributed by atoms with Crippen LogP contribution in [0.3, 0.4) is 0 Å². The Bertz CT molecular complexity index is 417. The zero-order chi connectivity index (χ0) is 8.39. The van der Waals surface area contributed by atoms with Crippen molar-refractivity contribution in [2.24, 2.45) is 0 Å². The van der Waals surface area contributed by atoms with Gasteiger partial charge in [0.2, 0.25) is 5.89 Å². The van der Waals surface area contributed by atoms with E-state index in [-0.39, 0.29) is 0 Å². The van der Waals surface area contributed by atoms with Gasteiger partial charge in [-0.15, -0.1) is 5.73 Å². The van der Waals surface area contributed by atoms with Crippen molar-refractivity contribution in [1.29, 1.82) is 0 Å². The van der Waals surface area contributed by atoms with Gasteiger partial charge < -0.3 is 4.42 Å². The van der Waals surface area contributed by atoms with E-state index >= 15 is 0 Å². The number of nitrogens with zero attached hydrogens (tertiary/aromatic N) is 1. The molecule has 2 nitrogen and oxygen atoms in total. The molecule has 0 spiro atoms. The molecule has 0 fully saturated rings. The second-order valence-electron chi connectivity index (χ2n) is 2.37. The van der Waals surface area contributed by atoms with Crippen LogP contribution in [0.1, 0.15) is 5.89 Å². The Morgan fingerprint density at radius 1 is 1.42 bits per heavy atom. The summed E-state index contributed by atoms with van der Waals surface area (Å²) in [4.78, 5) is 4.18. The zero-order valence-electron chi connectivity index (χ0n) is 6.45. The fourth-order valence-corrected chi connectivity index (χ4v) is 1.04. The summed E-state index contributed by atoms with van der Waals surface area (Å²) in [6.45, 7) is 3.45. The molecule has 0 unspecified atom stereocenters. The molecular weight excluding hydrogens is 150 g/mol. The smallest absolute Gasteiger partial charge is 0.227 e. The third kappa shape index (κ3) is 1.04. The van der Waals surface area contributed by atoms with Gasteiger partial charge in [-0.2, -0.15) is 0 Å². The standard InChI is InChI=1S/C10H7NO/c1-2-5-10-11-8-6-3-4-7-9(8)12-10/h3-7H,1H2. The first kappa shape index (κ1) is 6.89. The van der Waals surface area contributed by atoms with Crippen LogP contribution in [0.5, 0.6) is 0 Å². The summed E-state index contributed by atoms with van der Waals surface area (Å²) in [6.07, 6.45) is 1.61. The molecule has 2 rings (SSSR count). The zero-order valence-corrected chi connectivity index (χ0v) is 6.45. The van der Waals surface area contributed by atoms with Gasteiger partial charge in [0.1, 0.15) is 5.52 Å². The normalized spacial score (nSPS) is 9.67. The minimum atomic E-state index is 0.547. The van der Waals surface area contributed by atoms with Crippen LogP contribution in [0.15, 0.2) is 41.0 Å². The molecule has 1 aromatic carbocycles. The third-order valence-corrected chi connectivity index (χ3v) is 1.54. The topological polar surface area (TPSA) is 26.0 Å². The molecule has 1 aromatic heterocycles. The lowest BCUT2D eigenvalue weighted by Crippen LogP contribution is -1.66. The minimum Gasteiger partial charge on any atom is -0.436 e. The number of hydrogen-bond donors (Lipinski definition) is 0. The summed E-state index contributed by atoms with van der Waals surface area (Å²) >= 11 is 0. The molecule has 2 aromatic rings. The molecule has 0 aliphatic rings. The molecule has 0 N–H and O–H groups in total. The predicted octanol–water partition coefficient (Wildman–Crippen LogP) is 2.63. The van der Waals surface area contributed by atoms with Crippen LogP contribution >= 0.6 is 0 Å². The van der Waals surface area contributed by atoms with E-state index in [1.165, 1.54) is 0 Å². The Kier molecular flexibility index (Phi) is 1.54. The quantitative estimate of drug-likeness (QED) is 0.595. The van der Waals surface area contributed by atoms with Gasteiger partial charge in [0, 0.05) is 6.08 Å². The Hall–Kier alpha value is -1.79. The number of fused-ring (bicyclic) bond motifs is 1. The first-order valence-corrected chi connectivity index (χ1v) is 3.61. The molecule has 0 bridgehead atoms. The van der Waals surface area contributed by atoms with E-state index in [0.717, 1.165) is 11.1 Å². The van der Waals surface area contributed by atoms with Gasteiger partial charge in [-0.3, -0.25) is 0 Å². The molecule has 0 saturated carbocycles. The van der Waals surface area contributed by atoms with Crippen molar-refractivity contribution in [3.8, 4) is 0 Å². The van der Waals surface area contributed by atoms with Gasteiger partial charge in [0.25, 0.3) is 0 Å². The molecule has 0 amide bonds. The first-order valence-electron chi connectivity index (χ1n) is 3.61. The third-order valence-electron chi connectivity index (χ3n) is 1.54. The lowest BCUT2D eigenvalue weighted by Gasteiger charge is -1.79. The Morgan fingerprint density at radius 3 is 3.00 bits per heavy atom. The molecule has 58 valence electrons. The molecule has 2 heteroatoms. The van der Waals surface area contributed by atoms with E-state index in [1.807, 2.05) is 24.3 Å². The molecule has 0 aliphatic heterocycles. The number of rotatable bonds is 1. The number of aromatic nitrogens is 1. The van der Waals surface area contributed by atoms with Crippen LogP contribution in [0, 0.1) is 0 Å². The highest BCUT2D eigenvalue weighted by Gasteiger charge is 1.99. The van der Waals surface area contributed by atoms with Crippen LogP contribution in [0.25, 0.3) is 17.2 Å². The summed E-state index contributed by atoms with van der Waals surface area (Å²) in [5.41, 5.74) is 4.26. The molecule has 12 heavy (non-hydrogen) atoms. The van der Waals surface area contributed by atoms with E-state index in [2.05, 4.69) is 17.3 Å². The summed E-state index contributed by atoms with van der Waals surface area (Å²) in [7, 11) is 0. The lowest BCUT2D eigenvalue weighted by atomic mass is 10.3. The maximum Gasteiger partial charge on any atom is 0.227 e. The Morgan fingerprint density at radius 2 is 2.25 bits per heavy atom. The molecule has 0 atom stereocenters.